The average molecular weight is 334 g/mol. The third kappa shape index (κ3) is 2.30. The smallest absolute Gasteiger partial charge is 0.174 e. The van der Waals surface area contributed by atoms with Crippen molar-refractivity contribution in [2.45, 2.75) is 12.5 Å². The second kappa shape index (κ2) is 5.46. The minimum absolute atomic E-state index is 0.142. The highest BCUT2D eigenvalue weighted by atomic mass is 79.9. The Hall–Kier alpha value is -1.52. The molecule has 0 saturated carbocycles. The number of carbonyl (C=O) groups excluding carboxylic acids is 1. The van der Waals surface area contributed by atoms with E-state index < -0.39 is 5.82 Å². The van der Waals surface area contributed by atoms with E-state index in [0.717, 1.165) is 17.7 Å². The van der Waals surface area contributed by atoms with Crippen molar-refractivity contribution in [3.8, 4) is 0 Å². The molecule has 102 valence electrons. The summed E-state index contributed by atoms with van der Waals surface area (Å²) in [6, 6.07) is 12.6. The van der Waals surface area contributed by atoms with Crippen molar-refractivity contribution in [1.82, 2.24) is 5.32 Å². The van der Waals surface area contributed by atoms with Gasteiger partial charge in [-0.05, 0) is 39.2 Å². The molecule has 0 spiro atoms. The van der Waals surface area contributed by atoms with Crippen molar-refractivity contribution in [2.24, 2.45) is 0 Å². The molecular formula is C16H13BrFNO. The van der Waals surface area contributed by atoms with E-state index >= 15 is 0 Å². The van der Waals surface area contributed by atoms with Crippen LogP contribution in [-0.2, 0) is 6.54 Å². The van der Waals surface area contributed by atoms with Crippen LogP contribution < -0.4 is 5.32 Å². The van der Waals surface area contributed by atoms with Gasteiger partial charge in [-0.3, -0.25) is 4.79 Å². The van der Waals surface area contributed by atoms with Crippen LogP contribution in [-0.4, -0.2) is 12.3 Å². The number of hydrogen-bond donors (Lipinski definition) is 1. The van der Waals surface area contributed by atoms with Gasteiger partial charge in [0.2, 0.25) is 0 Å². The molecule has 0 fully saturated rings. The highest BCUT2D eigenvalue weighted by Gasteiger charge is 2.28. The Kier molecular flexibility index (Phi) is 3.68. The summed E-state index contributed by atoms with van der Waals surface area (Å²) in [6.07, 6.45) is 0. The van der Waals surface area contributed by atoms with Gasteiger partial charge in [0.15, 0.2) is 5.78 Å². The molecule has 20 heavy (non-hydrogen) atoms. The molecule has 0 bridgehead atoms. The zero-order valence-electron chi connectivity index (χ0n) is 10.7. The molecular weight excluding hydrogens is 321 g/mol. The molecule has 1 heterocycles. The summed E-state index contributed by atoms with van der Waals surface area (Å²) in [5.41, 5.74) is 2.24. The number of nitrogens with one attached hydrogen (secondary N) is 1. The maximum Gasteiger partial charge on any atom is 0.174 e. The van der Waals surface area contributed by atoms with Gasteiger partial charge in [-0.1, -0.05) is 30.3 Å². The molecule has 2 nitrogen and oxygen atoms in total. The number of ketones is 1. The lowest BCUT2D eigenvalue weighted by atomic mass is 9.85. The van der Waals surface area contributed by atoms with Crippen LogP contribution in [0.3, 0.4) is 0 Å². The van der Waals surface area contributed by atoms with Gasteiger partial charge in [-0.15, -0.1) is 0 Å². The van der Waals surface area contributed by atoms with Crippen molar-refractivity contribution in [3.05, 3.63) is 69.4 Å². The number of rotatable bonds is 2. The van der Waals surface area contributed by atoms with Crippen LogP contribution in [0.5, 0.6) is 0 Å². The summed E-state index contributed by atoms with van der Waals surface area (Å²) in [5, 5.41) is 3.22. The largest absolute Gasteiger partial charge is 0.312 e. The van der Waals surface area contributed by atoms with Crippen LogP contribution in [0.4, 0.5) is 4.39 Å². The van der Waals surface area contributed by atoms with Crippen LogP contribution in [0.2, 0.25) is 0 Å². The van der Waals surface area contributed by atoms with Gasteiger partial charge in [0, 0.05) is 13.1 Å². The van der Waals surface area contributed by atoms with E-state index in [0.29, 0.717) is 11.0 Å². The van der Waals surface area contributed by atoms with E-state index in [9.17, 15) is 9.18 Å². The Bertz CT molecular complexity index is 671. The summed E-state index contributed by atoms with van der Waals surface area (Å²) >= 11 is 3.13. The molecule has 2 aromatic rings. The van der Waals surface area contributed by atoms with Gasteiger partial charge < -0.3 is 5.32 Å². The summed E-state index contributed by atoms with van der Waals surface area (Å²) < 4.78 is 14.4. The van der Waals surface area contributed by atoms with Crippen LogP contribution in [0, 0.1) is 5.82 Å². The van der Waals surface area contributed by atoms with Gasteiger partial charge >= 0.3 is 0 Å². The molecule has 0 aromatic heterocycles. The number of fused-ring (bicyclic) bond motifs is 1. The Morgan fingerprint density at radius 1 is 1.20 bits per heavy atom. The molecule has 4 heteroatoms. The Labute approximate surface area is 125 Å². The fourth-order valence-electron chi connectivity index (χ4n) is 2.61. The fourth-order valence-corrected chi connectivity index (χ4v) is 2.98. The van der Waals surface area contributed by atoms with Crippen LogP contribution in [0.15, 0.2) is 46.9 Å². The number of halogens is 2. The molecule has 1 aliphatic heterocycles. The fraction of sp³-hybridized carbons (Fsp3) is 0.188. The van der Waals surface area contributed by atoms with Crippen molar-refractivity contribution in [1.29, 1.82) is 0 Å². The molecule has 0 amide bonds. The molecule has 1 atom stereocenters. The molecule has 1 N–H and O–H groups in total. The maximum atomic E-state index is 14.1. The molecule has 1 aliphatic rings. The maximum absolute atomic E-state index is 14.1. The van der Waals surface area contributed by atoms with Gasteiger partial charge in [-0.25, -0.2) is 4.39 Å². The van der Waals surface area contributed by atoms with Crippen molar-refractivity contribution in [3.63, 3.8) is 0 Å². The van der Waals surface area contributed by atoms with Gasteiger partial charge in [-0.2, -0.15) is 0 Å². The number of Topliss-reactive ketones (excluding diaryl/α,β-unsaturated/α-hetero) is 1. The summed E-state index contributed by atoms with van der Waals surface area (Å²) in [5.74, 6) is -0.993. The van der Waals surface area contributed by atoms with Crippen molar-refractivity contribution < 1.29 is 9.18 Å². The third-order valence-corrected chi connectivity index (χ3v) is 4.24. The first-order chi connectivity index (χ1) is 9.68. The molecule has 0 radical (unpaired) electrons. The van der Waals surface area contributed by atoms with Crippen LogP contribution in [0.1, 0.15) is 27.4 Å². The molecule has 3 rings (SSSR count). The Balaban J connectivity index is 2.02. The quantitative estimate of drug-likeness (QED) is 0.850. The second-order valence-corrected chi connectivity index (χ2v) is 5.70. The van der Waals surface area contributed by atoms with E-state index in [1.54, 1.807) is 18.2 Å². The van der Waals surface area contributed by atoms with Gasteiger partial charge in [0.1, 0.15) is 5.82 Å². The summed E-state index contributed by atoms with van der Waals surface area (Å²) in [6.45, 7) is 1.29. The van der Waals surface area contributed by atoms with E-state index in [1.165, 1.54) is 0 Å². The first-order valence-corrected chi connectivity index (χ1v) is 7.24. The SMILES string of the molecule is O=C(c1cccc(Br)c1F)C1CNCc2ccccc21. The normalized spacial score (nSPS) is 17.6. The average Bonchev–Trinajstić information content (AvgIpc) is 2.49. The first kappa shape index (κ1) is 13.5. The number of carbonyl (C=O) groups is 1. The predicted molar refractivity (Wildman–Crippen MR) is 79.3 cm³/mol. The van der Waals surface area contributed by atoms with Gasteiger partial charge in [0.25, 0.3) is 0 Å². The van der Waals surface area contributed by atoms with E-state index in [-0.39, 0.29) is 17.3 Å². The monoisotopic (exact) mass is 333 g/mol. The number of benzene rings is 2. The van der Waals surface area contributed by atoms with E-state index in [1.807, 2.05) is 24.3 Å². The Morgan fingerprint density at radius 2 is 2.00 bits per heavy atom. The minimum atomic E-state index is -0.486. The molecule has 2 aromatic carbocycles. The zero-order valence-corrected chi connectivity index (χ0v) is 12.3. The lowest BCUT2D eigenvalue weighted by Crippen LogP contribution is -2.33. The van der Waals surface area contributed by atoms with E-state index in [2.05, 4.69) is 21.2 Å². The van der Waals surface area contributed by atoms with E-state index in [4.69, 9.17) is 0 Å². The lowest BCUT2D eigenvalue weighted by Gasteiger charge is -2.25. The first-order valence-electron chi connectivity index (χ1n) is 6.45. The minimum Gasteiger partial charge on any atom is -0.312 e. The van der Waals surface area contributed by atoms with Crippen molar-refractivity contribution in [2.75, 3.05) is 6.54 Å². The summed E-state index contributed by atoms with van der Waals surface area (Å²) in [4.78, 5) is 12.6. The predicted octanol–water partition coefficient (Wildman–Crippen LogP) is 3.66. The third-order valence-electron chi connectivity index (χ3n) is 3.63. The molecule has 0 aliphatic carbocycles. The lowest BCUT2D eigenvalue weighted by molar-refractivity contribution is 0.0951. The molecule has 1 unspecified atom stereocenters. The number of hydrogen-bond acceptors (Lipinski definition) is 2. The zero-order chi connectivity index (χ0) is 14.1. The standard InChI is InChI=1S/C16H13BrFNO/c17-14-7-3-6-12(15(14)18)16(20)13-9-19-8-10-4-1-2-5-11(10)13/h1-7,13,19H,8-9H2. The molecule has 0 saturated heterocycles. The highest BCUT2D eigenvalue weighted by molar-refractivity contribution is 9.10. The van der Waals surface area contributed by atoms with Gasteiger partial charge in [0.05, 0.1) is 16.0 Å². The second-order valence-electron chi connectivity index (χ2n) is 4.85. The van der Waals surface area contributed by atoms with Crippen LogP contribution in [0.25, 0.3) is 0 Å². The summed E-state index contributed by atoms with van der Waals surface area (Å²) in [7, 11) is 0. The van der Waals surface area contributed by atoms with Crippen LogP contribution >= 0.6 is 15.9 Å². The topological polar surface area (TPSA) is 29.1 Å². The van der Waals surface area contributed by atoms with Crippen molar-refractivity contribution >= 4 is 21.7 Å². The Morgan fingerprint density at radius 3 is 2.85 bits per heavy atom. The highest BCUT2D eigenvalue weighted by Crippen LogP contribution is 2.29.